The zero-order chi connectivity index (χ0) is 25.3. The van der Waals surface area contributed by atoms with Crippen molar-refractivity contribution in [1.82, 2.24) is 5.32 Å². The lowest BCUT2D eigenvalue weighted by molar-refractivity contribution is -0.617. The summed E-state index contributed by atoms with van der Waals surface area (Å²) in [5, 5.41) is 4.05. The van der Waals surface area contributed by atoms with Crippen LogP contribution >= 0.6 is 7.60 Å². The van der Waals surface area contributed by atoms with Gasteiger partial charge in [0.05, 0.1) is 22.5 Å². The molecule has 0 radical (unpaired) electrons. The van der Waals surface area contributed by atoms with Gasteiger partial charge in [0, 0.05) is 24.2 Å². The van der Waals surface area contributed by atoms with Crippen molar-refractivity contribution in [2.45, 2.75) is 13.8 Å². The lowest BCUT2D eigenvalue weighted by Crippen LogP contribution is -2.31. The molecular weight excluding hydrogens is 467 g/mol. The van der Waals surface area contributed by atoms with Crippen molar-refractivity contribution >= 4 is 41.3 Å². The number of para-hydroxylation sites is 2. The predicted octanol–water partition coefficient (Wildman–Crippen LogP) is 3.56. The maximum atomic E-state index is 13.5. The third kappa shape index (κ3) is 5.10. The van der Waals surface area contributed by atoms with Gasteiger partial charge in [0.15, 0.2) is 0 Å². The first kappa shape index (κ1) is 24.5. The second-order valence-electron chi connectivity index (χ2n) is 8.44. The van der Waals surface area contributed by atoms with Crippen LogP contribution < -0.4 is 14.6 Å². The molecule has 1 amide bonds. The first-order valence-corrected chi connectivity index (χ1v) is 12.8. The molecule has 1 aromatic heterocycles. The van der Waals surface area contributed by atoms with Crippen molar-refractivity contribution in [1.29, 1.82) is 0 Å². The van der Waals surface area contributed by atoms with Gasteiger partial charge in [0.1, 0.15) is 12.8 Å². The van der Waals surface area contributed by atoms with Gasteiger partial charge in [0.25, 0.3) is 5.91 Å². The van der Waals surface area contributed by atoms with Crippen LogP contribution in [0.5, 0.6) is 5.75 Å². The number of carbonyl (C=O) groups is 2. The number of hydrogen-bond acceptors (Lipinski definition) is 4. The van der Waals surface area contributed by atoms with Crippen LogP contribution in [0, 0.1) is 13.8 Å². The molecule has 3 aromatic carbocycles. The molecule has 0 aliphatic rings. The Morgan fingerprint density at radius 3 is 1.97 bits per heavy atom. The minimum Gasteiger partial charge on any atom is -0.422 e. The number of ether oxygens (including phenoxy) is 1. The van der Waals surface area contributed by atoms with Gasteiger partial charge in [0.2, 0.25) is 11.0 Å². The Labute approximate surface area is 202 Å². The first-order valence-electron chi connectivity index (χ1n) is 11.0. The first-order chi connectivity index (χ1) is 16.6. The maximum Gasteiger partial charge on any atom is 0.345 e. The van der Waals surface area contributed by atoms with E-state index in [1.54, 1.807) is 26.0 Å². The number of amides is 1. The van der Waals surface area contributed by atoms with Gasteiger partial charge in [-0.15, -0.1) is 0 Å². The second kappa shape index (κ2) is 9.58. The van der Waals surface area contributed by atoms with E-state index in [0.29, 0.717) is 28.0 Å². The summed E-state index contributed by atoms with van der Waals surface area (Å²) in [4.78, 5) is 43.9. The number of aromatic nitrogens is 1. The highest BCUT2D eigenvalue weighted by atomic mass is 31.2. The average Bonchev–Trinajstić information content (AvgIpc) is 2.80. The zero-order valence-electron chi connectivity index (χ0n) is 19.6. The van der Waals surface area contributed by atoms with Crippen LogP contribution in [0.1, 0.15) is 31.8 Å². The number of fused-ring (bicyclic) bond motifs is 2. The fourth-order valence-corrected chi connectivity index (χ4v) is 4.66. The molecule has 0 aliphatic carbocycles. The van der Waals surface area contributed by atoms with Crippen molar-refractivity contribution in [2.75, 3.05) is 12.7 Å². The van der Waals surface area contributed by atoms with Crippen molar-refractivity contribution in [2.24, 2.45) is 7.05 Å². The molecule has 180 valence electrons. The standard InChI is InChI=1S/C26H25N2O6P/c1-16-14-18(25(29)27-12-13-35(31,32)33)15-17(2)24(16)34-26(30)23-19-8-4-6-10-21(19)28(3)22-11-7-5-9-20(22)23/h4-11,14-15H,12-13H2,1-3H3,(H2-,27,29,31,32,33)/p+1. The van der Waals surface area contributed by atoms with E-state index in [4.69, 9.17) is 14.5 Å². The van der Waals surface area contributed by atoms with Crippen LogP contribution in [0.2, 0.25) is 0 Å². The van der Waals surface area contributed by atoms with Crippen LogP contribution in [0.4, 0.5) is 0 Å². The van der Waals surface area contributed by atoms with E-state index in [9.17, 15) is 14.2 Å². The summed E-state index contributed by atoms with van der Waals surface area (Å²) in [6.45, 7) is 3.33. The van der Waals surface area contributed by atoms with Crippen LogP contribution in [0.3, 0.4) is 0 Å². The lowest BCUT2D eigenvalue weighted by Gasteiger charge is -2.15. The topological polar surface area (TPSA) is 117 Å². The number of pyridine rings is 1. The van der Waals surface area contributed by atoms with Crippen molar-refractivity contribution < 1.29 is 33.2 Å². The normalized spacial score (nSPS) is 11.6. The van der Waals surface area contributed by atoms with Crippen molar-refractivity contribution in [3.05, 3.63) is 82.9 Å². The summed E-state index contributed by atoms with van der Waals surface area (Å²) >= 11 is 0. The highest BCUT2D eigenvalue weighted by Crippen LogP contribution is 2.33. The van der Waals surface area contributed by atoms with Crippen LogP contribution in [0.25, 0.3) is 21.8 Å². The van der Waals surface area contributed by atoms with Gasteiger partial charge in [-0.25, -0.2) is 4.79 Å². The Morgan fingerprint density at radius 1 is 0.943 bits per heavy atom. The molecular formula is C26H26N2O6P+. The van der Waals surface area contributed by atoms with E-state index in [2.05, 4.69) is 5.32 Å². The molecule has 0 saturated heterocycles. The Hall–Kier alpha value is -3.58. The minimum atomic E-state index is -4.20. The summed E-state index contributed by atoms with van der Waals surface area (Å²) in [5.74, 6) is -0.596. The van der Waals surface area contributed by atoms with Crippen LogP contribution in [0.15, 0.2) is 60.7 Å². The summed E-state index contributed by atoms with van der Waals surface area (Å²) in [7, 11) is -2.24. The fraction of sp³-hybridized carbons (Fsp3) is 0.192. The number of benzene rings is 3. The predicted molar refractivity (Wildman–Crippen MR) is 133 cm³/mol. The second-order valence-corrected chi connectivity index (χ2v) is 10.2. The van der Waals surface area contributed by atoms with E-state index >= 15 is 0 Å². The monoisotopic (exact) mass is 493 g/mol. The van der Waals surface area contributed by atoms with Gasteiger partial charge in [-0.2, -0.15) is 4.57 Å². The average molecular weight is 493 g/mol. The van der Waals surface area contributed by atoms with Gasteiger partial charge >= 0.3 is 13.6 Å². The largest absolute Gasteiger partial charge is 0.422 e. The van der Waals surface area contributed by atoms with Crippen molar-refractivity contribution in [3.63, 3.8) is 0 Å². The molecule has 35 heavy (non-hydrogen) atoms. The number of esters is 1. The van der Waals surface area contributed by atoms with E-state index < -0.39 is 25.6 Å². The number of carbonyl (C=O) groups excluding carboxylic acids is 2. The molecule has 3 N–H and O–H groups in total. The molecule has 9 heteroatoms. The Balaban J connectivity index is 1.68. The lowest BCUT2D eigenvalue weighted by atomic mass is 10.0. The van der Waals surface area contributed by atoms with Crippen molar-refractivity contribution in [3.8, 4) is 5.75 Å². The summed E-state index contributed by atoms with van der Waals surface area (Å²) in [6, 6.07) is 18.5. The van der Waals surface area contributed by atoms with Gasteiger partial charge < -0.3 is 19.8 Å². The molecule has 1 heterocycles. The summed E-state index contributed by atoms with van der Waals surface area (Å²) in [5.41, 5.74) is 3.76. The molecule has 0 atom stereocenters. The number of aryl methyl sites for hydroxylation is 3. The third-order valence-electron chi connectivity index (χ3n) is 5.88. The number of rotatable bonds is 6. The van der Waals surface area contributed by atoms with Gasteiger partial charge in [-0.3, -0.25) is 9.36 Å². The quantitative estimate of drug-likeness (QED) is 0.124. The molecule has 0 saturated carbocycles. The molecule has 0 bridgehead atoms. The SMILES string of the molecule is Cc1cc(C(=O)NCCP(=O)(O)O)cc(C)c1OC(=O)c1c2ccccc2[n+](C)c2ccccc12. The Morgan fingerprint density at radius 2 is 1.46 bits per heavy atom. The van der Waals surface area contributed by atoms with E-state index in [1.165, 1.54) is 0 Å². The van der Waals surface area contributed by atoms with E-state index in [0.717, 1.165) is 21.8 Å². The minimum absolute atomic E-state index is 0.149. The summed E-state index contributed by atoms with van der Waals surface area (Å²) in [6.07, 6.45) is -0.441. The van der Waals surface area contributed by atoms with Gasteiger partial charge in [-0.05, 0) is 49.2 Å². The van der Waals surface area contributed by atoms with Crippen LogP contribution in [-0.4, -0.2) is 34.4 Å². The molecule has 0 fully saturated rings. The fourth-order valence-electron chi connectivity index (χ4n) is 4.25. The molecule has 4 rings (SSSR count). The molecule has 0 spiro atoms. The summed E-state index contributed by atoms with van der Waals surface area (Å²) < 4.78 is 18.9. The Bertz CT molecular complexity index is 1450. The van der Waals surface area contributed by atoms with E-state index in [-0.39, 0.29) is 6.54 Å². The third-order valence-corrected chi connectivity index (χ3v) is 6.69. The maximum absolute atomic E-state index is 13.5. The highest BCUT2D eigenvalue weighted by molar-refractivity contribution is 7.51. The zero-order valence-corrected chi connectivity index (χ0v) is 20.5. The number of nitrogens with one attached hydrogen (secondary N) is 1. The number of nitrogens with zero attached hydrogens (tertiary/aromatic N) is 1. The molecule has 0 unspecified atom stereocenters. The Kier molecular flexibility index (Phi) is 6.72. The van der Waals surface area contributed by atoms with E-state index in [1.807, 2.05) is 60.1 Å². The smallest absolute Gasteiger partial charge is 0.345 e. The number of hydrogen-bond donors (Lipinski definition) is 3. The molecule has 8 nitrogen and oxygen atoms in total. The van der Waals surface area contributed by atoms with Crippen LogP contribution in [-0.2, 0) is 11.6 Å². The highest BCUT2D eigenvalue weighted by Gasteiger charge is 2.25. The molecule has 4 aromatic rings. The van der Waals surface area contributed by atoms with Gasteiger partial charge in [-0.1, -0.05) is 24.3 Å². The molecule has 0 aliphatic heterocycles.